The smallest absolute Gasteiger partial charge is 0.351 e. The molecule has 0 radical (unpaired) electrons. The van der Waals surface area contributed by atoms with Gasteiger partial charge in [-0.2, -0.15) is 4.99 Å². The van der Waals surface area contributed by atoms with E-state index in [1.165, 1.54) is 6.07 Å². The van der Waals surface area contributed by atoms with Gasteiger partial charge in [-0.1, -0.05) is 30.4 Å². The van der Waals surface area contributed by atoms with E-state index in [-0.39, 0.29) is 18.3 Å². The van der Waals surface area contributed by atoms with Crippen molar-refractivity contribution in [3.05, 3.63) is 54.4 Å². The highest BCUT2D eigenvalue weighted by Gasteiger charge is 2.37. The molecule has 1 aromatic carbocycles. The number of hydrogen-bond donors (Lipinski definition) is 0. The Kier molecular flexibility index (Phi) is 4.77. The fourth-order valence-corrected chi connectivity index (χ4v) is 3.57. The van der Waals surface area contributed by atoms with Gasteiger partial charge in [0.05, 0.1) is 17.3 Å². The third kappa shape index (κ3) is 3.33. The summed E-state index contributed by atoms with van der Waals surface area (Å²) in [4.78, 5) is 45.7. The van der Waals surface area contributed by atoms with Crippen LogP contribution in [0.1, 0.15) is 0 Å². The fraction of sp³-hybridized carbons (Fsp3) is 0.300. The van der Waals surface area contributed by atoms with E-state index in [2.05, 4.69) is 4.99 Å². The molecule has 3 aliphatic rings. The number of nitrogens with zero attached hydrogens (tertiary/aromatic N) is 4. The normalized spacial score (nSPS) is 21.7. The summed E-state index contributed by atoms with van der Waals surface area (Å²) < 4.78 is 13.9. The second-order valence-electron chi connectivity index (χ2n) is 6.78. The lowest BCUT2D eigenvalue weighted by molar-refractivity contribution is -0.138. The van der Waals surface area contributed by atoms with E-state index in [1.807, 2.05) is 4.90 Å². The Bertz CT molecular complexity index is 916. The predicted molar refractivity (Wildman–Crippen MR) is 102 cm³/mol. The Morgan fingerprint density at radius 3 is 2.61 bits per heavy atom. The van der Waals surface area contributed by atoms with Crippen molar-refractivity contribution < 1.29 is 18.8 Å². The Morgan fingerprint density at radius 2 is 1.86 bits per heavy atom. The highest BCUT2D eigenvalue weighted by molar-refractivity contribution is 6.22. The molecule has 2 heterocycles. The molecule has 0 N–H and O–H groups in total. The highest BCUT2D eigenvalue weighted by atomic mass is 19.1. The van der Waals surface area contributed by atoms with E-state index in [4.69, 9.17) is 0 Å². The number of benzene rings is 1. The summed E-state index contributed by atoms with van der Waals surface area (Å²) in [5, 5.41) is 0. The first kappa shape index (κ1) is 18.1. The van der Waals surface area contributed by atoms with Crippen LogP contribution in [0.15, 0.2) is 53.6 Å². The average molecular weight is 382 g/mol. The van der Waals surface area contributed by atoms with Crippen molar-refractivity contribution in [3.63, 3.8) is 0 Å². The lowest BCUT2D eigenvalue weighted by atomic mass is 9.95. The predicted octanol–water partition coefficient (Wildman–Crippen LogP) is 1.62. The summed E-state index contributed by atoms with van der Waals surface area (Å²) in [7, 11) is 0. The van der Waals surface area contributed by atoms with Gasteiger partial charge in [0.2, 0.25) is 11.8 Å². The molecule has 0 saturated carbocycles. The van der Waals surface area contributed by atoms with Crippen molar-refractivity contribution in [1.82, 2.24) is 9.80 Å². The Balaban J connectivity index is 1.39. The zero-order valence-electron chi connectivity index (χ0n) is 15.1. The largest absolute Gasteiger partial charge is 0.366 e. The van der Waals surface area contributed by atoms with Gasteiger partial charge < -0.3 is 9.80 Å². The quantitative estimate of drug-likeness (QED) is 0.796. The number of hydrogen-bond acceptors (Lipinski definition) is 4. The molecule has 144 valence electrons. The first-order chi connectivity index (χ1) is 13.5. The van der Waals surface area contributed by atoms with Gasteiger partial charge in [-0.15, -0.1) is 0 Å². The van der Waals surface area contributed by atoms with E-state index >= 15 is 0 Å². The first-order valence-electron chi connectivity index (χ1n) is 9.10. The molecule has 28 heavy (non-hydrogen) atoms. The number of anilines is 1. The van der Waals surface area contributed by atoms with E-state index in [1.54, 1.807) is 47.4 Å². The number of imide groups is 1. The van der Waals surface area contributed by atoms with Crippen LogP contribution in [-0.4, -0.2) is 66.1 Å². The lowest BCUT2D eigenvalue weighted by Gasteiger charge is -2.37. The molecule has 0 bridgehead atoms. The summed E-state index contributed by atoms with van der Waals surface area (Å²) >= 11 is 0. The molecule has 4 rings (SSSR count). The van der Waals surface area contributed by atoms with Crippen LogP contribution in [0.4, 0.5) is 14.9 Å². The molecule has 1 aromatic rings. The minimum absolute atomic E-state index is 0.296. The minimum atomic E-state index is -0.713. The van der Waals surface area contributed by atoms with Crippen LogP contribution in [0.3, 0.4) is 0 Å². The van der Waals surface area contributed by atoms with Gasteiger partial charge in [0.1, 0.15) is 12.4 Å². The van der Waals surface area contributed by atoms with Crippen molar-refractivity contribution in [2.75, 3.05) is 37.6 Å². The molecule has 1 aliphatic carbocycles. The van der Waals surface area contributed by atoms with Gasteiger partial charge >= 0.3 is 6.03 Å². The number of carbonyl (C=O) groups excluding carboxylic acids is 3. The molecule has 1 atom stereocenters. The SMILES string of the molecule is O=C(CN1C(=O)N=C2C=CC=CC2C1=O)N1CCN(c2ccccc2F)CC1. The third-order valence-electron chi connectivity index (χ3n) is 5.11. The van der Waals surface area contributed by atoms with Crippen LogP contribution in [0, 0.1) is 11.7 Å². The number of carbonyl (C=O) groups is 3. The van der Waals surface area contributed by atoms with Crippen LogP contribution in [-0.2, 0) is 9.59 Å². The Morgan fingerprint density at radius 1 is 1.11 bits per heavy atom. The van der Waals surface area contributed by atoms with Gasteiger partial charge in [0, 0.05) is 26.2 Å². The van der Waals surface area contributed by atoms with E-state index in [0.29, 0.717) is 37.6 Å². The Labute approximate surface area is 161 Å². The van der Waals surface area contributed by atoms with Crippen LogP contribution in [0.25, 0.3) is 0 Å². The molecule has 0 spiro atoms. The molecule has 1 unspecified atom stereocenters. The molecule has 1 fully saturated rings. The second kappa shape index (κ2) is 7.38. The average Bonchev–Trinajstić information content (AvgIpc) is 2.71. The molecule has 4 amide bonds. The number of para-hydroxylation sites is 1. The summed E-state index contributed by atoms with van der Waals surface area (Å²) in [6, 6.07) is 5.81. The number of piperazine rings is 1. The number of rotatable bonds is 3. The molecular formula is C20H19FN4O3. The van der Waals surface area contributed by atoms with Crippen molar-refractivity contribution in [2.24, 2.45) is 10.9 Å². The summed E-state index contributed by atoms with van der Waals surface area (Å²) in [6.07, 6.45) is 6.73. The van der Waals surface area contributed by atoms with Gasteiger partial charge in [-0.05, 0) is 18.2 Å². The second-order valence-corrected chi connectivity index (χ2v) is 6.78. The van der Waals surface area contributed by atoms with Crippen molar-refractivity contribution in [2.45, 2.75) is 0 Å². The summed E-state index contributed by atoms with van der Waals surface area (Å²) in [5.41, 5.74) is 0.912. The summed E-state index contributed by atoms with van der Waals surface area (Å²) in [5.74, 6) is -1.67. The molecule has 0 aromatic heterocycles. The topological polar surface area (TPSA) is 73.3 Å². The standard InChI is InChI=1S/C20H19FN4O3/c21-15-6-2-4-8-17(15)23-9-11-24(12-10-23)18(26)13-25-19(27)14-5-1-3-7-16(14)22-20(25)28/h1-8,14H,9-13H2. The van der Waals surface area contributed by atoms with Crippen LogP contribution < -0.4 is 4.90 Å². The third-order valence-corrected chi connectivity index (χ3v) is 5.11. The van der Waals surface area contributed by atoms with E-state index in [9.17, 15) is 18.8 Å². The van der Waals surface area contributed by atoms with Crippen molar-refractivity contribution in [1.29, 1.82) is 0 Å². The van der Waals surface area contributed by atoms with E-state index < -0.39 is 17.9 Å². The van der Waals surface area contributed by atoms with Gasteiger partial charge in [-0.25, -0.2) is 9.18 Å². The molecule has 2 aliphatic heterocycles. The van der Waals surface area contributed by atoms with E-state index in [0.717, 1.165) is 4.90 Å². The highest BCUT2D eigenvalue weighted by Crippen LogP contribution is 2.22. The lowest BCUT2D eigenvalue weighted by Crippen LogP contribution is -2.54. The zero-order valence-corrected chi connectivity index (χ0v) is 15.1. The van der Waals surface area contributed by atoms with Crippen LogP contribution >= 0.6 is 0 Å². The number of urea groups is 1. The molecule has 7 nitrogen and oxygen atoms in total. The maximum atomic E-state index is 13.9. The van der Waals surface area contributed by atoms with Crippen LogP contribution in [0.2, 0.25) is 0 Å². The maximum Gasteiger partial charge on any atom is 0.351 e. The van der Waals surface area contributed by atoms with Crippen molar-refractivity contribution in [3.8, 4) is 0 Å². The number of aliphatic imine (C=N–C) groups is 1. The molecular weight excluding hydrogens is 363 g/mol. The summed E-state index contributed by atoms with van der Waals surface area (Å²) in [6.45, 7) is 1.41. The zero-order chi connectivity index (χ0) is 19.7. The number of allylic oxidation sites excluding steroid dienone is 3. The molecule has 1 saturated heterocycles. The van der Waals surface area contributed by atoms with Crippen molar-refractivity contribution >= 4 is 29.2 Å². The van der Waals surface area contributed by atoms with Gasteiger partial charge in [0.15, 0.2) is 0 Å². The molecule has 8 heteroatoms. The number of fused-ring (bicyclic) bond motifs is 1. The maximum absolute atomic E-state index is 13.9. The number of halogens is 1. The fourth-order valence-electron chi connectivity index (χ4n) is 3.57. The monoisotopic (exact) mass is 382 g/mol. The number of amides is 4. The Hall–Kier alpha value is -3.29. The minimum Gasteiger partial charge on any atom is -0.366 e. The van der Waals surface area contributed by atoms with Gasteiger partial charge in [-0.3, -0.25) is 14.5 Å². The van der Waals surface area contributed by atoms with Crippen LogP contribution in [0.5, 0.6) is 0 Å². The van der Waals surface area contributed by atoms with Gasteiger partial charge in [0.25, 0.3) is 0 Å². The first-order valence-corrected chi connectivity index (χ1v) is 9.10.